The number of benzene rings is 2. The number of carbonyl (C=O) groups excluding carboxylic acids is 1. The first-order chi connectivity index (χ1) is 12.5. The van der Waals surface area contributed by atoms with Gasteiger partial charge >= 0.3 is 0 Å². The van der Waals surface area contributed by atoms with E-state index in [0.29, 0.717) is 29.7 Å². The Hall–Kier alpha value is -1.96. The second-order valence-electron chi connectivity index (χ2n) is 5.57. The molecule has 0 aromatic heterocycles. The maximum atomic E-state index is 13.1. The third kappa shape index (κ3) is 4.23. The Kier molecular flexibility index (Phi) is 5.90. The molecule has 1 aliphatic heterocycles. The number of nitrogens with one attached hydrogen (secondary N) is 2. The fourth-order valence-electron chi connectivity index (χ4n) is 2.44. The minimum absolute atomic E-state index is 0.0849. The topological polar surface area (TPSA) is 75.3 Å². The second-order valence-corrected chi connectivity index (χ2v) is 9.75. The van der Waals surface area contributed by atoms with Crippen molar-refractivity contribution in [1.82, 2.24) is 10.6 Å². The van der Waals surface area contributed by atoms with Gasteiger partial charge in [-0.1, -0.05) is 41.9 Å². The first kappa shape index (κ1) is 18.8. The fourth-order valence-corrected chi connectivity index (χ4v) is 5.64. The van der Waals surface area contributed by atoms with Crippen LogP contribution in [0.1, 0.15) is 16.8 Å². The van der Waals surface area contributed by atoms with Gasteiger partial charge in [0.25, 0.3) is 0 Å². The van der Waals surface area contributed by atoms with Gasteiger partial charge in [0.2, 0.25) is 14.7 Å². The smallest absolute Gasteiger partial charge is 0.234 e. The Morgan fingerprint density at radius 3 is 2.23 bits per heavy atom. The second kappa shape index (κ2) is 8.16. The van der Waals surface area contributed by atoms with Crippen LogP contribution in [0.25, 0.3) is 0 Å². The summed E-state index contributed by atoms with van der Waals surface area (Å²) in [6, 6.07) is 14.6. The highest BCUT2D eigenvalue weighted by Crippen LogP contribution is 2.34. The summed E-state index contributed by atoms with van der Waals surface area (Å²) >= 11 is 6.15. The number of hydrogen-bond acceptors (Lipinski definition) is 6. The molecule has 1 saturated heterocycles. The number of rotatable bonds is 5. The summed E-state index contributed by atoms with van der Waals surface area (Å²) in [5.41, 5.74) is 0.265. The highest BCUT2D eigenvalue weighted by molar-refractivity contribution is 8.73. The lowest BCUT2D eigenvalue weighted by Gasteiger charge is -2.22. The van der Waals surface area contributed by atoms with Crippen LogP contribution in [0.4, 0.5) is 0 Å². The van der Waals surface area contributed by atoms with Gasteiger partial charge in [-0.3, -0.25) is 4.79 Å². The summed E-state index contributed by atoms with van der Waals surface area (Å²) in [6.45, 7) is 1.32. The van der Waals surface area contributed by atoms with Crippen molar-refractivity contribution in [1.29, 1.82) is 0 Å². The van der Waals surface area contributed by atoms with Crippen LogP contribution in [0.15, 0.2) is 70.2 Å². The van der Waals surface area contributed by atoms with E-state index in [9.17, 15) is 13.2 Å². The van der Waals surface area contributed by atoms with Crippen molar-refractivity contribution in [3.63, 3.8) is 0 Å². The minimum atomic E-state index is -3.76. The Labute approximate surface area is 161 Å². The first-order valence-corrected chi connectivity index (χ1v) is 11.2. The van der Waals surface area contributed by atoms with Crippen LogP contribution in [-0.2, 0) is 8.87 Å². The molecule has 0 unspecified atom stereocenters. The number of allylic oxidation sites excluding steroid dienone is 1. The quantitative estimate of drug-likeness (QED) is 0.448. The zero-order valence-electron chi connectivity index (χ0n) is 13.7. The minimum Gasteiger partial charge on any atom is -0.371 e. The number of hydrogen-bond donors (Lipinski definition) is 2. The molecule has 0 radical (unpaired) electrons. The van der Waals surface area contributed by atoms with Crippen molar-refractivity contribution in [2.24, 2.45) is 0 Å². The van der Waals surface area contributed by atoms with Gasteiger partial charge in [0.05, 0.1) is 9.92 Å². The van der Waals surface area contributed by atoms with Gasteiger partial charge in [0.1, 0.15) is 10.7 Å². The Bertz CT molecular complexity index is 936. The number of halogens is 1. The SMILES string of the molecule is O=C(C(SS(=O)(=O)c1ccccc1)=C1NCCCN1)c1ccccc1Cl. The van der Waals surface area contributed by atoms with Crippen LogP contribution in [0.5, 0.6) is 0 Å². The molecule has 2 N–H and O–H groups in total. The van der Waals surface area contributed by atoms with Crippen molar-refractivity contribution in [2.75, 3.05) is 13.1 Å². The summed E-state index contributed by atoms with van der Waals surface area (Å²) in [4.78, 5) is 13.3. The molecule has 0 spiro atoms. The van der Waals surface area contributed by atoms with Gasteiger partial charge in [-0.05, 0) is 30.7 Å². The third-order valence-corrected chi connectivity index (χ3v) is 7.42. The molecule has 1 fully saturated rings. The molecule has 0 aliphatic carbocycles. The monoisotopic (exact) mass is 408 g/mol. The molecule has 0 amide bonds. The van der Waals surface area contributed by atoms with Crippen LogP contribution in [0.3, 0.4) is 0 Å². The zero-order valence-corrected chi connectivity index (χ0v) is 16.1. The molecule has 8 heteroatoms. The summed E-state index contributed by atoms with van der Waals surface area (Å²) in [5.74, 6) is -0.0114. The molecule has 0 atom stereocenters. The van der Waals surface area contributed by atoms with Gasteiger partial charge in [-0.2, -0.15) is 0 Å². The highest BCUT2D eigenvalue weighted by Gasteiger charge is 2.28. The summed E-state index contributed by atoms with van der Waals surface area (Å²) < 4.78 is 25.6. The Morgan fingerprint density at radius 1 is 0.962 bits per heavy atom. The van der Waals surface area contributed by atoms with E-state index in [-0.39, 0.29) is 20.4 Å². The highest BCUT2D eigenvalue weighted by atomic mass is 35.5. The molecule has 26 heavy (non-hydrogen) atoms. The maximum absolute atomic E-state index is 13.1. The summed E-state index contributed by atoms with van der Waals surface area (Å²) in [7, 11) is -3.22. The van der Waals surface area contributed by atoms with Crippen molar-refractivity contribution in [2.45, 2.75) is 11.3 Å². The van der Waals surface area contributed by atoms with E-state index in [2.05, 4.69) is 10.6 Å². The number of Topliss-reactive ketones (excluding diaryl/α,β-unsaturated/α-hetero) is 1. The van der Waals surface area contributed by atoms with Crippen LogP contribution < -0.4 is 10.6 Å². The lowest BCUT2D eigenvalue weighted by molar-refractivity contribution is 0.104. The third-order valence-electron chi connectivity index (χ3n) is 3.73. The van der Waals surface area contributed by atoms with Crippen LogP contribution >= 0.6 is 22.4 Å². The fraction of sp³-hybridized carbons (Fsp3) is 0.167. The maximum Gasteiger partial charge on any atom is 0.234 e. The van der Waals surface area contributed by atoms with E-state index >= 15 is 0 Å². The normalized spacial score (nSPS) is 14.3. The van der Waals surface area contributed by atoms with Crippen molar-refractivity contribution in [3.8, 4) is 0 Å². The Morgan fingerprint density at radius 2 is 1.58 bits per heavy atom. The predicted octanol–water partition coefficient (Wildman–Crippen LogP) is 3.40. The van der Waals surface area contributed by atoms with Gasteiger partial charge < -0.3 is 10.6 Å². The van der Waals surface area contributed by atoms with Gasteiger partial charge in [-0.25, -0.2) is 8.42 Å². The lowest BCUT2D eigenvalue weighted by Crippen LogP contribution is -2.37. The van der Waals surface area contributed by atoms with Gasteiger partial charge in [0.15, 0.2) is 0 Å². The molecular weight excluding hydrogens is 392 g/mol. The molecule has 3 rings (SSSR count). The van der Waals surface area contributed by atoms with Crippen LogP contribution in [0, 0.1) is 0 Å². The molecule has 0 bridgehead atoms. The zero-order chi connectivity index (χ0) is 18.6. The predicted molar refractivity (Wildman–Crippen MR) is 105 cm³/mol. The average molecular weight is 409 g/mol. The molecule has 136 valence electrons. The molecule has 2 aromatic rings. The van der Waals surface area contributed by atoms with E-state index in [1.54, 1.807) is 42.5 Å². The van der Waals surface area contributed by atoms with Crippen LogP contribution in [-0.4, -0.2) is 27.3 Å². The van der Waals surface area contributed by atoms with E-state index in [4.69, 9.17) is 11.6 Å². The molecule has 1 aliphatic rings. The van der Waals surface area contributed by atoms with E-state index in [1.165, 1.54) is 12.1 Å². The number of ketones is 1. The van der Waals surface area contributed by atoms with Crippen molar-refractivity contribution < 1.29 is 13.2 Å². The van der Waals surface area contributed by atoms with Gasteiger partial charge in [0, 0.05) is 29.4 Å². The summed E-state index contributed by atoms with van der Waals surface area (Å²) in [5, 5.41) is 6.45. The standard InChI is InChI=1S/C18H17ClN2O3S2/c19-15-10-5-4-9-14(15)16(22)17(18-20-11-6-12-21-18)25-26(23,24)13-7-2-1-3-8-13/h1-5,7-10,20-21H,6,11-12H2. The largest absolute Gasteiger partial charge is 0.371 e. The molecule has 0 saturated carbocycles. The van der Waals surface area contributed by atoms with Gasteiger partial charge in [-0.15, -0.1) is 0 Å². The average Bonchev–Trinajstić information content (AvgIpc) is 2.67. The van der Waals surface area contributed by atoms with E-state index in [0.717, 1.165) is 6.42 Å². The Balaban J connectivity index is 2.03. The van der Waals surface area contributed by atoms with Crippen molar-refractivity contribution >= 4 is 37.0 Å². The van der Waals surface area contributed by atoms with E-state index < -0.39 is 14.7 Å². The lowest BCUT2D eigenvalue weighted by atomic mass is 10.1. The van der Waals surface area contributed by atoms with E-state index in [1.807, 2.05) is 0 Å². The molecular formula is C18H17ClN2O3S2. The first-order valence-electron chi connectivity index (χ1n) is 8.00. The van der Waals surface area contributed by atoms with Crippen LogP contribution in [0.2, 0.25) is 5.02 Å². The number of carbonyl (C=O) groups is 1. The molecule has 1 heterocycles. The molecule has 5 nitrogen and oxygen atoms in total. The molecule has 2 aromatic carbocycles. The van der Waals surface area contributed by atoms with Crippen molar-refractivity contribution in [3.05, 3.63) is 75.9 Å². The summed E-state index contributed by atoms with van der Waals surface area (Å²) in [6.07, 6.45) is 0.882.